The van der Waals surface area contributed by atoms with Crippen LogP contribution in [0.1, 0.15) is 49.9 Å². The van der Waals surface area contributed by atoms with Gasteiger partial charge in [0.15, 0.2) is 0 Å². The molecule has 1 amide bonds. The molecule has 2 fully saturated rings. The van der Waals surface area contributed by atoms with Crippen molar-refractivity contribution in [2.24, 2.45) is 5.73 Å². The number of amides is 1. The van der Waals surface area contributed by atoms with Crippen LogP contribution in [-0.2, 0) is 0 Å². The highest BCUT2D eigenvalue weighted by Gasteiger charge is 2.34. The van der Waals surface area contributed by atoms with Crippen LogP contribution in [0.2, 0.25) is 0 Å². The number of nitrogens with two attached hydrogens (primary N) is 1. The number of carbonyl (C=O) groups excluding carboxylic acids is 1. The second-order valence-electron chi connectivity index (χ2n) is 7.81. The number of nitrogens with zero attached hydrogens (tertiary/aromatic N) is 2. The van der Waals surface area contributed by atoms with Gasteiger partial charge in [-0.3, -0.25) is 9.69 Å². The Labute approximate surface area is 175 Å². The molecular formula is C20H34Cl2N4O. The van der Waals surface area contributed by atoms with Gasteiger partial charge in [0.1, 0.15) is 0 Å². The summed E-state index contributed by atoms with van der Waals surface area (Å²) in [6.07, 6.45) is 4.29. The molecule has 7 heteroatoms. The van der Waals surface area contributed by atoms with Gasteiger partial charge in [-0.1, -0.05) is 12.8 Å². The molecule has 0 unspecified atom stereocenters. The molecule has 3 N–H and O–H groups in total. The Balaban J connectivity index is 0.00000182. The van der Waals surface area contributed by atoms with Crippen LogP contribution in [0.4, 0.5) is 5.69 Å². The topological polar surface area (TPSA) is 61.6 Å². The summed E-state index contributed by atoms with van der Waals surface area (Å²) >= 11 is 0. The molecule has 1 aliphatic heterocycles. The van der Waals surface area contributed by atoms with Crippen molar-refractivity contribution in [1.29, 1.82) is 0 Å². The highest BCUT2D eigenvalue weighted by atomic mass is 35.5. The first-order chi connectivity index (χ1) is 12.0. The quantitative estimate of drug-likeness (QED) is 0.773. The molecule has 1 aliphatic carbocycles. The van der Waals surface area contributed by atoms with Gasteiger partial charge in [0.05, 0.1) is 5.54 Å². The fourth-order valence-corrected chi connectivity index (χ4v) is 4.07. The van der Waals surface area contributed by atoms with Gasteiger partial charge in [-0.05, 0) is 51.0 Å². The Hall–Kier alpha value is -1.01. The van der Waals surface area contributed by atoms with Crippen molar-refractivity contribution in [3.05, 3.63) is 29.8 Å². The molecule has 27 heavy (non-hydrogen) atoms. The highest BCUT2D eigenvalue weighted by Crippen LogP contribution is 2.29. The Morgan fingerprint density at radius 1 is 1.07 bits per heavy atom. The van der Waals surface area contributed by atoms with Crippen LogP contribution in [0.15, 0.2) is 24.3 Å². The molecule has 5 nitrogen and oxygen atoms in total. The number of piperazine rings is 1. The van der Waals surface area contributed by atoms with E-state index in [2.05, 4.69) is 41.1 Å². The SMILES string of the molecule is CC(C)N1CCN(c2ccc(C(=O)NC3(CN)CCCC3)cc2)CC1.Cl.Cl. The third-order valence-corrected chi connectivity index (χ3v) is 5.87. The van der Waals surface area contributed by atoms with E-state index in [1.165, 1.54) is 5.69 Å². The van der Waals surface area contributed by atoms with E-state index in [-0.39, 0.29) is 36.3 Å². The Morgan fingerprint density at radius 3 is 2.11 bits per heavy atom. The normalized spacial score (nSPS) is 19.3. The zero-order valence-corrected chi connectivity index (χ0v) is 18.1. The summed E-state index contributed by atoms with van der Waals surface area (Å²) in [6.45, 7) is 9.30. The smallest absolute Gasteiger partial charge is 0.251 e. The van der Waals surface area contributed by atoms with Crippen molar-refractivity contribution in [1.82, 2.24) is 10.2 Å². The average Bonchev–Trinajstić information content (AvgIpc) is 3.11. The number of hydrogen-bond donors (Lipinski definition) is 2. The van der Waals surface area contributed by atoms with Gasteiger partial charge < -0.3 is 16.0 Å². The predicted octanol–water partition coefficient (Wildman–Crippen LogP) is 3.06. The van der Waals surface area contributed by atoms with E-state index in [1.54, 1.807) is 0 Å². The summed E-state index contributed by atoms with van der Waals surface area (Å²) in [6, 6.07) is 8.64. The largest absolute Gasteiger partial charge is 0.369 e. The number of carbonyl (C=O) groups is 1. The summed E-state index contributed by atoms with van der Waals surface area (Å²) in [7, 11) is 0. The van der Waals surface area contributed by atoms with Crippen LogP contribution in [0.3, 0.4) is 0 Å². The molecule has 1 saturated heterocycles. The number of nitrogens with one attached hydrogen (secondary N) is 1. The summed E-state index contributed by atoms with van der Waals surface area (Å²) < 4.78 is 0. The van der Waals surface area contributed by atoms with Crippen LogP contribution in [0.5, 0.6) is 0 Å². The van der Waals surface area contributed by atoms with Crippen molar-refractivity contribution in [3.8, 4) is 0 Å². The maximum absolute atomic E-state index is 12.6. The van der Waals surface area contributed by atoms with Crippen molar-refractivity contribution in [3.63, 3.8) is 0 Å². The standard InChI is InChI=1S/C20H32N4O.2ClH/c1-16(2)23-11-13-24(14-12-23)18-7-5-17(6-8-18)19(25)22-20(15-21)9-3-4-10-20;;/h5-8,16H,3-4,9-15,21H2,1-2H3,(H,22,25);2*1H. The molecular weight excluding hydrogens is 383 g/mol. The Bertz CT molecular complexity index is 580. The lowest BCUT2D eigenvalue weighted by molar-refractivity contribution is 0.0903. The highest BCUT2D eigenvalue weighted by molar-refractivity contribution is 5.95. The summed E-state index contributed by atoms with van der Waals surface area (Å²) in [5.41, 5.74) is 7.66. The molecule has 0 atom stereocenters. The minimum atomic E-state index is -0.192. The van der Waals surface area contributed by atoms with Gasteiger partial charge in [0.2, 0.25) is 0 Å². The van der Waals surface area contributed by atoms with Gasteiger partial charge in [0, 0.05) is 50.0 Å². The molecule has 0 spiro atoms. The average molecular weight is 417 g/mol. The Kier molecular flexibility index (Phi) is 9.35. The first-order valence-electron chi connectivity index (χ1n) is 9.65. The summed E-state index contributed by atoms with van der Waals surface area (Å²) in [5.74, 6) is 0.00327. The van der Waals surface area contributed by atoms with Crippen molar-refractivity contribution < 1.29 is 4.79 Å². The van der Waals surface area contributed by atoms with Crippen LogP contribution in [0, 0.1) is 0 Å². The van der Waals surface area contributed by atoms with E-state index in [0.29, 0.717) is 12.6 Å². The molecule has 2 aliphatic rings. The molecule has 3 rings (SSSR count). The lowest BCUT2D eigenvalue weighted by Crippen LogP contribution is -2.51. The first-order valence-corrected chi connectivity index (χ1v) is 9.65. The van der Waals surface area contributed by atoms with Crippen LogP contribution in [0.25, 0.3) is 0 Å². The lowest BCUT2D eigenvalue weighted by Gasteiger charge is -2.38. The van der Waals surface area contributed by atoms with Crippen LogP contribution >= 0.6 is 24.8 Å². The van der Waals surface area contributed by atoms with Gasteiger partial charge in [0.25, 0.3) is 5.91 Å². The lowest BCUT2D eigenvalue weighted by atomic mass is 9.97. The monoisotopic (exact) mass is 416 g/mol. The minimum Gasteiger partial charge on any atom is -0.369 e. The molecule has 0 bridgehead atoms. The van der Waals surface area contributed by atoms with Gasteiger partial charge in [-0.25, -0.2) is 0 Å². The van der Waals surface area contributed by atoms with Gasteiger partial charge in [-0.15, -0.1) is 24.8 Å². The molecule has 1 saturated carbocycles. The second-order valence-corrected chi connectivity index (χ2v) is 7.81. The molecule has 0 aromatic heterocycles. The van der Waals surface area contributed by atoms with E-state index in [9.17, 15) is 4.79 Å². The zero-order chi connectivity index (χ0) is 17.9. The van der Waals surface area contributed by atoms with Crippen molar-refractivity contribution in [2.45, 2.75) is 51.1 Å². The van der Waals surface area contributed by atoms with Crippen LogP contribution < -0.4 is 16.0 Å². The van der Waals surface area contributed by atoms with E-state index < -0.39 is 0 Å². The predicted molar refractivity (Wildman–Crippen MR) is 118 cm³/mol. The third kappa shape index (κ3) is 5.74. The first kappa shape index (κ1) is 24.0. The fourth-order valence-electron chi connectivity index (χ4n) is 4.07. The van der Waals surface area contributed by atoms with Gasteiger partial charge in [-0.2, -0.15) is 0 Å². The number of hydrogen-bond acceptors (Lipinski definition) is 4. The molecule has 1 aromatic rings. The van der Waals surface area contributed by atoms with E-state index in [4.69, 9.17) is 5.73 Å². The third-order valence-electron chi connectivity index (χ3n) is 5.87. The van der Waals surface area contributed by atoms with E-state index >= 15 is 0 Å². The van der Waals surface area contributed by atoms with Gasteiger partial charge >= 0.3 is 0 Å². The minimum absolute atomic E-state index is 0. The maximum atomic E-state index is 12.6. The fraction of sp³-hybridized carbons (Fsp3) is 0.650. The summed E-state index contributed by atoms with van der Waals surface area (Å²) in [5, 5.41) is 3.19. The second kappa shape index (κ2) is 10.5. The summed E-state index contributed by atoms with van der Waals surface area (Å²) in [4.78, 5) is 17.5. The van der Waals surface area contributed by atoms with Crippen LogP contribution in [-0.4, -0.2) is 55.1 Å². The van der Waals surface area contributed by atoms with Crippen molar-refractivity contribution in [2.75, 3.05) is 37.6 Å². The Morgan fingerprint density at radius 2 is 1.63 bits per heavy atom. The number of rotatable bonds is 5. The van der Waals surface area contributed by atoms with Crippen molar-refractivity contribution >= 4 is 36.4 Å². The number of anilines is 1. The number of benzene rings is 1. The molecule has 0 radical (unpaired) electrons. The number of halogens is 2. The van der Waals surface area contributed by atoms with E-state index in [0.717, 1.165) is 57.4 Å². The maximum Gasteiger partial charge on any atom is 0.251 e. The molecule has 1 aromatic carbocycles. The molecule has 154 valence electrons. The molecule has 1 heterocycles. The van der Waals surface area contributed by atoms with E-state index in [1.807, 2.05) is 12.1 Å². The zero-order valence-electron chi connectivity index (χ0n) is 16.4.